The normalized spacial score (nSPS) is 10.4. The molecule has 0 aliphatic rings. The molecule has 100 valence electrons. The third kappa shape index (κ3) is 3.54. The van der Waals surface area contributed by atoms with Crippen molar-refractivity contribution >= 4 is 23.0 Å². The van der Waals surface area contributed by atoms with Gasteiger partial charge in [0.05, 0.1) is 6.42 Å². The summed E-state index contributed by atoms with van der Waals surface area (Å²) in [5.74, 6) is -1.06. The van der Waals surface area contributed by atoms with Gasteiger partial charge < -0.3 is 10.4 Å². The molecule has 0 spiro atoms. The van der Waals surface area contributed by atoms with Gasteiger partial charge in [-0.15, -0.1) is 11.3 Å². The summed E-state index contributed by atoms with van der Waals surface area (Å²) in [5.41, 5.74) is 1.35. The van der Waals surface area contributed by atoms with E-state index in [4.69, 9.17) is 5.11 Å². The number of carboxylic acid groups (broad SMARTS) is 1. The summed E-state index contributed by atoms with van der Waals surface area (Å²) in [6, 6.07) is 8.62. The Morgan fingerprint density at radius 1 is 1.32 bits per heavy atom. The second-order valence-electron chi connectivity index (χ2n) is 4.20. The molecule has 1 heterocycles. The van der Waals surface area contributed by atoms with Gasteiger partial charge in [0.25, 0.3) is 0 Å². The van der Waals surface area contributed by atoms with Crippen LogP contribution < -0.4 is 5.32 Å². The topological polar surface area (TPSA) is 49.3 Å². The fourth-order valence-corrected chi connectivity index (χ4v) is 2.69. The first-order valence-electron chi connectivity index (χ1n) is 5.84. The Labute approximate surface area is 114 Å². The zero-order valence-corrected chi connectivity index (χ0v) is 11.3. The van der Waals surface area contributed by atoms with Crippen LogP contribution in [0.5, 0.6) is 0 Å². The first-order chi connectivity index (χ1) is 9.06. The number of benzene rings is 1. The molecule has 2 N–H and O–H groups in total. The van der Waals surface area contributed by atoms with Crippen LogP contribution in [0.2, 0.25) is 0 Å². The number of hydrogen-bond acceptors (Lipinski definition) is 3. The van der Waals surface area contributed by atoms with E-state index >= 15 is 0 Å². The van der Waals surface area contributed by atoms with E-state index in [0.717, 1.165) is 15.4 Å². The molecule has 0 radical (unpaired) electrons. The lowest BCUT2D eigenvalue weighted by Crippen LogP contribution is -2.00. The molecule has 0 atom stereocenters. The summed E-state index contributed by atoms with van der Waals surface area (Å²) >= 11 is 1.45. The van der Waals surface area contributed by atoms with Crippen LogP contribution in [0.4, 0.5) is 10.1 Å². The standard InChI is InChI=1S/C14H14FNO2S/c1-9-12(15)3-2-4-13(9)16-8-11-6-5-10(19-11)7-14(17)18/h2-6,16H,7-8H2,1H3,(H,17,18). The predicted octanol–water partition coefficient (Wildman–Crippen LogP) is 3.43. The first-order valence-corrected chi connectivity index (χ1v) is 6.66. The van der Waals surface area contributed by atoms with Crippen LogP contribution in [-0.4, -0.2) is 11.1 Å². The van der Waals surface area contributed by atoms with Crippen molar-refractivity contribution in [2.24, 2.45) is 0 Å². The molecule has 0 fully saturated rings. The van der Waals surface area contributed by atoms with Gasteiger partial charge in [-0.3, -0.25) is 4.79 Å². The summed E-state index contributed by atoms with van der Waals surface area (Å²) in [7, 11) is 0. The number of carboxylic acids is 1. The van der Waals surface area contributed by atoms with Gasteiger partial charge in [-0.25, -0.2) is 4.39 Å². The molecular formula is C14H14FNO2S. The van der Waals surface area contributed by atoms with Crippen LogP contribution in [0, 0.1) is 12.7 Å². The van der Waals surface area contributed by atoms with E-state index in [-0.39, 0.29) is 12.2 Å². The zero-order chi connectivity index (χ0) is 13.8. The number of hydrogen-bond donors (Lipinski definition) is 2. The van der Waals surface area contributed by atoms with Gasteiger partial charge in [-0.2, -0.15) is 0 Å². The maximum atomic E-state index is 13.3. The van der Waals surface area contributed by atoms with Crippen LogP contribution >= 0.6 is 11.3 Å². The molecule has 1 aromatic carbocycles. The number of aliphatic carboxylic acids is 1. The lowest BCUT2D eigenvalue weighted by Gasteiger charge is -2.08. The SMILES string of the molecule is Cc1c(F)cccc1NCc1ccc(CC(=O)O)s1. The number of rotatable bonds is 5. The highest BCUT2D eigenvalue weighted by molar-refractivity contribution is 7.12. The van der Waals surface area contributed by atoms with Crippen LogP contribution in [0.15, 0.2) is 30.3 Å². The Bertz CT molecular complexity index is 595. The van der Waals surface area contributed by atoms with Crippen molar-refractivity contribution in [3.63, 3.8) is 0 Å². The molecule has 3 nitrogen and oxygen atoms in total. The number of nitrogens with one attached hydrogen (secondary N) is 1. The van der Waals surface area contributed by atoms with Crippen molar-refractivity contribution in [2.75, 3.05) is 5.32 Å². The lowest BCUT2D eigenvalue weighted by molar-refractivity contribution is -0.136. The minimum absolute atomic E-state index is 0.0453. The summed E-state index contributed by atoms with van der Waals surface area (Å²) < 4.78 is 13.3. The van der Waals surface area contributed by atoms with Crippen molar-refractivity contribution in [1.29, 1.82) is 0 Å². The highest BCUT2D eigenvalue weighted by Crippen LogP contribution is 2.21. The van der Waals surface area contributed by atoms with Crippen molar-refractivity contribution in [1.82, 2.24) is 0 Å². The minimum Gasteiger partial charge on any atom is -0.481 e. The van der Waals surface area contributed by atoms with Crippen molar-refractivity contribution in [3.05, 3.63) is 51.5 Å². The second-order valence-corrected chi connectivity index (χ2v) is 5.46. The van der Waals surface area contributed by atoms with Gasteiger partial charge in [-0.05, 0) is 31.2 Å². The average molecular weight is 279 g/mol. The van der Waals surface area contributed by atoms with Gasteiger partial charge in [0.1, 0.15) is 5.82 Å². The minimum atomic E-state index is -0.831. The van der Waals surface area contributed by atoms with Crippen molar-refractivity contribution < 1.29 is 14.3 Å². The van der Waals surface area contributed by atoms with Crippen LogP contribution in [-0.2, 0) is 17.8 Å². The molecule has 2 rings (SSSR count). The fourth-order valence-electron chi connectivity index (χ4n) is 1.74. The molecule has 0 saturated carbocycles. The third-order valence-corrected chi connectivity index (χ3v) is 3.85. The third-order valence-electron chi connectivity index (χ3n) is 2.76. The Hall–Kier alpha value is -1.88. The summed E-state index contributed by atoms with van der Waals surface area (Å²) in [6.45, 7) is 2.29. The first kappa shape index (κ1) is 13.5. The number of thiophene rings is 1. The summed E-state index contributed by atoms with van der Waals surface area (Å²) in [4.78, 5) is 12.4. The molecular weight excluding hydrogens is 265 g/mol. The molecule has 1 aromatic heterocycles. The number of anilines is 1. The summed E-state index contributed by atoms with van der Waals surface area (Å²) in [5, 5.41) is 11.9. The van der Waals surface area contributed by atoms with Crippen molar-refractivity contribution in [3.8, 4) is 0 Å². The average Bonchev–Trinajstić information content (AvgIpc) is 2.78. The lowest BCUT2D eigenvalue weighted by atomic mass is 10.2. The molecule has 0 unspecified atom stereocenters. The monoisotopic (exact) mass is 279 g/mol. The number of carbonyl (C=O) groups is 1. The van der Waals surface area contributed by atoms with E-state index in [1.165, 1.54) is 17.4 Å². The smallest absolute Gasteiger partial charge is 0.308 e. The Morgan fingerprint density at radius 3 is 2.79 bits per heavy atom. The van der Waals surface area contributed by atoms with Gasteiger partial charge in [-0.1, -0.05) is 6.07 Å². The largest absolute Gasteiger partial charge is 0.481 e. The predicted molar refractivity (Wildman–Crippen MR) is 74.1 cm³/mol. The van der Waals surface area contributed by atoms with Crippen LogP contribution in [0.25, 0.3) is 0 Å². The van der Waals surface area contributed by atoms with Gasteiger partial charge in [0.2, 0.25) is 0 Å². The highest BCUT2D eigenvalue weighted by atomic mass is 32.1. The molecule has 0 bridgehead atoms. The molecule has 2 aromatic rings. The number of halogens is 1. The zero-order valence-electron chi connectivity index (χ0n) is 10.4. The van der Waals surface area contributed by atoms with Gasteiger partial charge >= 0.3 is 5.97 Å². The molecule has 19 heavy (non-hydrogen) atoms. The van der Waals surface area contributed by atoms with E-state index < -0.39 is 5.97 Å². The van der Waals surface area contributed by atoms with Crippen LogP contribution in [0.1, 0.15) is 15.3 Å². The molecule has 0 aliphatic carbocycles. The Kier molecular flexibility index (Phi) is 4.16. The molecule has 0 saturated heterocycles. The Balaban J connectivity index is 2.00. The quantitative estimate of drug-likeness (QED) is 0.881. The maximum absolute atomic E-state index is 13.3. The summed E-state index contributed by atoms with van der Waals surface area (Å²) in [6.07, 6.45) is 0.0453. The van der Waals surface area contributed by atoms with E-state index in [2.05, 4.69) is 5.32 Å². The molecule has 0 aliphatic heterocycles. The van der Waals surface area contributed by atoms with Gasteiger partial charge in [0.15, 0.2) is 0 Å². The van der Waals surface area contributed by atoms with Crippen molar-refractivity contribution in [2.45, 2.75) is 19.9 Å². The van der Waals surface area contributed by atoms with E-state index in [0.29, 0.717) is 12.1 Å². The molecule has 0 amide bonds. The fraction of sp³-hybridized carbons (Fsp3) is 0.214. The van der Waals surface area contributed by atoms with E-state index in [1.807, 2.05) is 18.2 Å². The van der Waals surface area contributed by atoms with Gasteiger partial charge in [0, 0.05) is 27.5 Å². The second kappa shape index (κ2) is 5.84. The highest BCUT2D eigenvalue weighted by Gasteiger charge is 2.06. The van der Waals surface area contributed by atoms with E-state index in [1.54, 1.807) is 13.0 Å². The Morgan fingerprint density at radius 2 is 2.05 bits per heavy atom. The molecule has 5 heteroatoms. The maximum Gasteiger partial charge on any atom is 0.308 e. The van der Waals surface area contributed by atoms with Crippen LogP contribution in [0.3, 0.4) is 0 Å². The van der Waals surface area contributed by atoms with E-state index in [9.17, 15) is 9.18 Å².